The maximum absolute atomic E-state index is 12.7. The van der Waals surface area contributed by atoms with Gasteiger partial charge in [-0.3, -0.25) is 0 Å². The molecule has 0 unspecified atom stereocenters. The topological polar surface area (TPSA) is 78.9 Å². The molecule has 1 saturated carbocycles. The molecule has 1 fully saturated rings. The highest BCUT2D eigenvalue weighted by Crippen LogP contribution is 2.26. The summed E-state index contributed by atoms with van der Waals surface area (Å²) in [5.41, 5.74) is 2.02. The summed E-state index contributed by atoms with van der Waals surface area (Å²) in [7, 11) is 0. The smallest absolute Gasteiger partial charge is 0.312 e. The number of anilines is 1. The predicted molar refractivity (Wildman–Crippen MR) is 122 cm³/mol. The Morgan fingerprint density at radius 2 is 1.77 bits per heavy atom. The summed E-state index contributed by atoms with van der Waals surface area (Å²) in [5, 5.41) is 6.87. The average Bonchev–Trinajstić information content (AvgIpc) is 3.05. The molecule has 1 aliphatic rings. The summed E-state index contributed by atoms with van der Waals surface area (Å²) in [4.78, 5) is 27.5. The second-order valence-electron chi connectivity index (χ2n) is 7.81. The van der Waals surface area contributed by atoms with Gasteiger partial charge in [-0.2, -0.15) is 0 Å². The van der Waals surface area contributed by atoms with Crippen LogP contribution in [0.25, 0.3) is 11.0 Å². The van der Waals surface area contributed by atoms with E-state index in [4.69, 9.17) is 23.2 Å². The summed E-state index contributed by atoms with van der Waals surface area (Å²) >= 11 is 12.0. The van der Waals surface area contributed by atoms with E-state index in [2.05, 4.69) is 15.6 Å². The third-order valence-corrected chi connectivity index (χ3v) is 6.34. The van der Waals surface area contributed by atoms with Crippen LogP contribution in [0.1, 0.15) is 37.7 Å². The number of rotatable bonds is 5. The Balaban J connectivity index is 1.39. The maximum Gasteiger partial charge on any atom is 0.334 e. The first-order valence-corrected chi connectivity index (χ1v) is 11.0. The zero-order valence-electron chi connectivity index (χ0n) is 16.5. The lowest BCUT2D eigenvalue weighted by Gasteiger charge is -2.21. The van der Waals surface area contributed by atoms with Crippen molar-refractivity contribution in [2.24, 2.45) is 5.92 Å². The van der Waals surface area contributed by atoms with Gasteiger partial charge in [-0.15, -0.1) is 0 Å². The van der Waals surface area contributed by atoms with Gasteiger partial charge < -0.3 is 15.6 Å². The minimum Gasteiger partial charge on any atom is -0.312 e. The molecule has 3 N–H and O–H groups in total. The molecule has 30 heavy (non-hydrogen) atoms. The Kier molecular flexibility index (Phi) is 6.46. The zero-order chi connectivity index (χ0) is 21.1. The minimum atomic E-state index is -0.562. The van der Waals surface area contributed by atoms with Crippen molar-refractivity contribution >= 4 is 46.0 Å². The molecule has 1 heterocycles. The van der Waals surface area contributed by atoms with Crippen LogP contribution in [0.5, 0.6) is 0 Å². The van der Waals surface area contributed by atoms with Gasteiger partial charge in [0.1, 0.15) is 0 Å². The molecular formula is C22H24Cl2N4O2. The van der Waals surface area contributed by atoms with Gasteiger partial charge in [-0.25, -0.2) is 14.2 Å². The molecule has 0 saturated heterocycles. The molecule has 0 bridgehead atoms. The standard InChI is InChI=1S/C22H24Cl2N4O2/c23-17-10-19-20(11-18(17)24)28(22(30)27-19)21(29)26-16-8-6-15(7-9-16)13-25-12-14-4-2-1-3-5-14/h6-11,14,25H,1-5,12-13H2,(H,26,29)(H,27,30). The Labute approximate surface area is 184 Å². The van der Waals surface area contributed by atoms with Gasteiger partial charge in [0, 0.05) is 12.2 Å². The third kappa shape index (κ3) is 4.72. The molecule has 158 valence electrons. The summed E-state index contributed by atoms with van der Waals surface area (Å²) in [6.45, 7) is 1.85. The van der Waals surface area contributed by atoms with E-state index < -0.39 is 11.7 Å². The van der Waals surface area contributed by atoms with E-state index in [-0.39, 0.29) is 5.02 Å². The lowest BCUT2D eigenvalue weighted by atomic mass is 9.89. The van der Waals surface area contributed by atoms with E-state index in [9.17, 15) is 9.59 Å². The molecule has 0 radical (unpaired) electrons. The van der Waals surface area contributed by atoms with E-state index in [1.54, 1.807) is 0 Å². The van der Waals surface area contributed by atoms with Gasteiger partial charge in [0.25, 0.3) is 0 Å². The number of imidazole rings is 1. The minimum absolute atomic E-state index is 0.273. The fraction of sp³-hybridized carbons (Fsp3) is 0.364. The lowest BCUT2D eigenvalue weighted by Crippen LogP contribution is -2.29. The van der Waals surface area contributed by atoms with Gasteiger partial charge in [-0.05, 0) is 55.1 Å². The average molecular weight is 447 g/mol. The summed E-state index contributed by atoms with van der Waals surface area (Å²) in [5.74, 6) is 0.787. The molecule has 3 aromatic rings. The largest absolute Gasteiger partial charge is 0.334 e. The number of carbonyl (C=O) groups is 1. The number of carbonyl (C=O) groups excluding carboxylic acids is 1. The molecule has 1 aliphatic carbocycles. The van der Waals surface area contributed by atoms with Crippen LogP contribution in [-0.2, 0) is 6.54 Å². The maximum atomic E-state index is 12.7. The number of hydrogen-bond donors (Lipinski definition) is 3. The van der Waals surface area contributed by atoms with Crippen molar-refractivity contribution in [2.45, 2.75) is 38.6 Å². The van der Waals surface area contributed by atoms with E-state index in [0.717, 1.165) is 29.1 Å². The van der Waals surface area contributed by atoms with Crippen LogP contribution in [0, 0.1) is 5.92 Å². The van der Waals surface area contributed by atoms with E-state index in [0.29, 0.717) is 21.7 Å². The number of nitrogens with zero attached hydrogens (tertiary/aromatic N) is 1. The van der Waals surface area contributed by atoms with Gasteiger partial charge in [0.05, 0.1) is 21.1 Å². The SMILES string of the molecule is O=C(Nc1ccc(CNCC2CCCCC2)cc1)n1c(=O)[nH]c2cc(Cl)c(Cl)cc21. The van der Waals surface area contributed by atoms with Crippen LogP contribution < -0.4 is 16.3 Å². The molecule has 0 spiro atoms. The number of amides is 1. The summed E-state index contributed by atoms with van der Waals surface area (Å²) in [6.07, 6.45) is 6.71. The van der Waals surface area contributed by atoms with Crippen LogP contribution in [0.15, 0.2) is 41.2 Å². The van der Waals surface area contributed by atoms with Crippen molar-refractivity contribution < 1.29 is 4.79 Å². The quantitative estimate of drug-likeness (QED) is 0.491. The normalized spacial score (nSPS) is 14.9. The zero-order valence-corrected chi connectivity index (χ0v) is 18.0. The third-order valence-electron chi connectivity index (χ3n) is 5.62. The van der Waals surface area contributed by atoms with Crippen LogP contribution in [0.3, 0.4) is 0 Å². The summed E-state index contributed by atoms with van der Waals surface area (Å²) in [6, 6.07) is 10.1. The number of aromatic amines is 1. The van der Waals surface area contributed by atoms with E-state index in [1.165, 1.54) is 44.2 Å². The van der Waals surface area contributed by atoms with Gasteiger partial charge in [-0.1, -0.05) is 54.6 Å². The predicted octanol–water partition coefficient (Wildman–Crippen LogP) is 5.39. The molecule has 1 aromatic heterocycles. The highest BCUT2D eigenvalue weighted by Gasteiger charge is 2.16. The molecule has 6 nitrogen and oxygen atoms in total. The van der Waals surface area contributed by atoms with Gasteiger partial charge in [0.2, 0.25) is 0 Å². The number of hydrogen-bond acceptors (Lipinski definition) is 3. The van der Waals surface area contributed by atoms with Crippen molar-refractivity contribution in [3.63, 3.8) is 0 Å². The number of H-pyrrole nitrogens is 1. The highest BCUT2D eigenvalue weighted by molar-refractivity contribution is 6.42. The fourth-order valence-electron chi connectivity index (χ4n) is 4.00. The van der Waals surface area contributed by atoms with E-state index in [1.807, 2.05) is 24.3 Å². The van der Waals surface area contributed by atoms with Crippen LogP contribution >= 0.6 is 23.2 Å². The van der Waals surface area contributed by atoms with Gasteiger partial charge >= 0.3 is 11.7 Å². The number of benzene rings is 2. The monoisotopic (exact) mass is 446 g/mol. The number of fused-ring (bicyclic) bond motifs is 1. The second-order valence-corrected chi connectivity index (χ2v) is 8.63. The Morgan fingerprint density at radius 1 is 1.07 bits per heavy atom. The van der Waals surface area contributed by atoms with Crippen molar-refractivity contribution in [1.82, 2.24) is 14.9 Å². The van der Waals surface area contributed by atoms with Crippen molar-refractivity contribution in [3.05, 3.63) is 62.5 Å². The highest BCUT2D eigenvalue weighted by atomic mass is 35.5. The van der Waals surface area contributed by atoms with E-state index >= 15 is 0 Å². The molecule has 2 aromatic carbocycles. The van der Waals surface area contributed by atoms with Crippen molar-refractivity contribution in [3.8, 4) is 0 Å². The van der Waals surface area contributed by atoms with Gasteiger partial charge in [0.15, 0.2) is 0 Å². The van der Waals surface area contributed by atoms with Crippen LogP contribution in [0.2, 0.25) is 10.0 Å². The van der Waals surface area contributed by atoms with Crippen molar-refractivity contribution in [1.29, 1.82) is 0 Å². The second kappa shape index (κ2) is 9.25. The lowest BCUT2D eigenvalue weighted by molar-refractivity contribution is 0.253. The first-order valence-electron chi connectivity index (χ1n) is 10.2. The molecule has 8 heteroatoms. The Bertz CT molecular complexity index is 1100. The molecule has 0 aliphatic heterocycles. The first kappa shape index (κ1) is 21.0. The Morgan fingerprint density at radius 3 is 2.50 bits per heavy atom. The number of aromatic nitrogens is 2. The van der Waals surface area contributed by atoms with Crippen LogP contribution in [-0.4, -0.2) is 22.1 Å². The number of nitrogens with one attached hydrogen (secondary N) is 3. The first-order chi connectivity index (χ1) is 14.5. The molecule has 1 amide bonds. The Hall–Kier alpha value is -2.28. The number of halogens is 2. The van der Waals surface area contributed by atoms with Crippen LogP contribution in [0.4, 0.5) is 10.5 Å². The summed E-state index contributed by atoms with van der Waals surface area (Å²) < 4.78 is 1.01. The molecular weight excluding hydrogens is 423 g/mol. The molecule has 0 atom stereocenters. The van der Waals surface area contributed by atoms with Crippen molar-refractivity contribution in [2.75, 3.05) is 11.9 Å². The fourth-order valence-corrected chi connectivity index (χ4v) is 4.32. The molecule has 4 rings (SSSR count).